The van der Waals surface area contributed by atoms with Crippen molar-refractivity contribution in [2.24, 2.45) is 5.41 Å². The van der Waals surface area contributed by atoms with Crippen molar-refractivity contribution in [1.29, 1.82) is 5.26 Å². The standard InChI is InChI=1S/C15H20Cl2N2/c1-11(12-5-6-13(16)14(17)9-12)19-10-15(2,3)7-4-8-18/h5-6,9,11,19H,4,7,10H2,1-3H3. The molecule has 0 aliphatic rings. The number of halogens is 2. The Balaban J connectivity index is 2.57. The van der Waals surface area contributed by atoms with Crippen LogP contribution in [0, 0.1) is 16.7 Å². The number of hydrogen-bond donors (Lipinski definition) is 1. The van der Waals surface area contributed by atoms with E-state index in [0.717, 1.165) is 18.5 Å². The minimum Gasteiger partial charge on any atom is -0.310 e. The van der Waals surface area contributed by atoms with Gasteiger partial charge in [0.25, 0.3) is 0 Å². The average molecular weight is 299 g/mol. The van der Waals surface area contributed by atoms with Crippen LogP contribution < -0.4 is 5.32 Å². The van der Waals surface area contributed by atoms with Gasteiger partial charge in [0, 0.05) is 19.0 Å². The zero-order chi connectivity index (χ0) is 14.5. The van der Waals surface area contributed by atoms with Gasteiger partial charge in [0.05, 0.1) is 16.1 Å². The first kappa shape index (κ1) is 16.3. The third-order valence-corrected chi connectivity index (χ3v) is 3.98. The minimum atomic E-state index is 0.111. The second-order valence-electron chi connectivity index (χ2n) is 5.60. The summed E-state index contributed by atoms with van der Waals surface area (Å²) in [7, 11) is 0. The fourth-order valence-corrected chi connectivity index (χ4v) is 2.12. The van der Waals surface area contributed by atoms with Crippen LogP contribution in [0.1, 0.15) is 45.2 Å². The van der Waals surface area contributed by atoms with E-state index in [1.165, 1.54) is 0 Å². The maximum absolute atomic E-state index is 8.64. The van der Waals surface area contributed by atoms with Crippen molar-refractivity contribution in [1.82, 2.24) is 5.32 Å². The van der Waals surface area contributed by atoms with E-state index in [0.29, 0.717) is 16.5 Å². The third kappa shape index (κ3) is 5.40. The zero-order valence-electron chi connectivity index (χ0n) is 11.6. The molecule has 0 radical (unpaired) electrons. The second kappa shape index (κ2) is 7.14. The Kier molecular flexibility index (Phi) is 6.13. The van der Waals surface area contributed by atoms with Crippen LogP contribution >= 0.6 is 23.2 Å². The van der Waals surface area contributed by atoms with Crippen LogP contribution in [-0.4, -0.2) is 6.54 Å². The van der Waals surface area contributed by atoms with E-state index in [9.17, 15) is 0 Å². The molecular weight excluding hydrogens is 279 g/mol. The highest BCUT2D eigenvalue weighted by atomic mass is 35.5. The first-order valence-corrected chi connectivity index (χ1v) is 7.16. The van der Waals surface area contributed by atoms with E-state index in [1.807, 2.05) is 18.2 Å². The summed E-state index contributed by atoms with van der Waals surface area (Å²) >= 11 is 11.9. The molecule has 1 aromatic rings. The highest BCUT2D eigenvalue weighted by Gasteiger charge is 2.18. The Bertz CT molecular complexity index is 464. The lowest BCUT2D eigenvalue weighted by molar-refractivity contribution is 0.305. The highest BCUT2D eigenvalue weighted by molar-refractivity contribution is 6.42. The largest absolute Gasteiger partial charge is 0.310 e. The number of rotatable bonds is 6. The Morgan fingerprint density at radius 2 is 2.00 bits per heavy atom. The molecule has 0 saturated heterocycles. The fourth-order valence-electron chi connectivity index (χ4n) is 1.81. The summed E-state index contributed by atoms with van der Waals surface area (Å²) in [6.07, 6.45) is 1.49. The van der Waals surface area contributed by atoms with E-state index in [1.54, 1.807) is 0 Å². The van der Waals surface area contributed by atoms with E-state index >= 15 is 0 Å². The van der Waals surface area contributed by atoms with Crippen molar-refractivity contribution >= 4 is 23.2 Å². The third-order valence-electron chi connectivity index (χ3n) is 3.24. The normalized spacial score (nSPS) is 13.1. The van der Waals surface area contributed by atoms with Crippen LogP contribution in [0.15, 0.2) is 18.2 Å². The SMILES string of the molecule is CC(NCC(C)(C)CCC#N)c1ccc(Cl)c(Cl)c1. The molecule has 1 unspecified atom stereocenters. The maximum Gasteiger partial charge on any atom is 0.0621 e. The van der Waals surface area contributed by atoms with Gasteiger partial charge in [-0.1, -0.05) is 43.1 Å². The number of nitrogens with one attached hydrogen (secondary N) is 1. The number of benzene rings is 1. The van der Waals surface area contributed by atoms with Crippen LogP contribution in [0.5, 0.6) is 0 Å². The number of nitrogens with zero attached hydrogens (tertiary/aromatic N) is 1. The molecule has 1 aromatic carbocycles. The summed E-state index contributed by atoms with van der Waals surface area (Å²) in [6, 6.07) is 8.09. The summed E-state index contributed by atoms with van der Waals surface area (Å²) in [6.45, 7) is 7.29. The number of nitriles is 1. The average Bonchev–Trinajstić information content (AvgIpc) is 2.37. The predicted octanol–water partition coefficient (Wildman–Crippen LogP) is 4.97. The lowest BCUT2D eigenvalue weighted by Gasteiger charge is -2.26. The Hall–Kier alpha value is -0.750. The summed E-state index contributed by atoms with van der Waals surface area (Å²) in [4.78, 5) is 0. The van der Waals surface area contributed by atoms with Crippen molar-refractivity contribution in [2.75, 3.05) is 6.54 Å². The molecule has 1 rings (SSSR count). The van der Waals surface area contributed by atoms with E-state index in [2.05, 4.69) is 32.2 Å². The van der Waals surface area contributed by atoms with Crippen molar-refractivity contribution in [3.63, 3.8) is 0 Å². The zero-order valence-corrected chi connectivity index (χ0v) is 13.1. The Morgan fingerprint density at radius 1 is 1.32 bits per heavy atom. The molecule has 0 fully saturated rings. The van der Waals surface area contributed by atoms with Gasteiger partial charge >= 0.3 is 0 Å². The molecule has 0 amide bonds. The second-order valence-corrected chi connectivity index (χ2v) is 6.41. The molecular formula is C15H20Cl2N2. The van der Waals surface area contributed by atoms with Crippen molar-refractivity contribution in [2.45, 2.75) is 39.7 Å². The summed E-state index contributed by atoms with van der Waals surface area (Å²) < 4.78 is 0. The van der Waals surface area contributed by atoms with Crippen LogP contribution in [0.25, 0.3) is 0 Å². The van der Waals surface area contributed by atoms with Crippen molar-refractivity contribution in [3.05, 3.63) is 33.8 Å². The molecule has 19 heavy (non-hydrogen) atoms. The van der Waals surface area contributed by atoms with Crippen LogP contribution in [0.2, 0.25) is 10.0 Å². The van der Waals surface area contributed by atoms with E-state index in [-0.39, 0.29) is 11.5 Å². The Labute approximate surface area is 125 Å². The molecule has 0 saturated carbocycles. The molecule has 0 aliphatic heterocycles. The fraction of sp³-hybridized carbons (Fsp3) is 0.533. The monoisotopic (exact) mass is 298 g/mol. The molecule has 4 heteroatoms. The highest BCUT2D eigenvalue weighted by Crippen LogP contribution is 2.27. The van der Waals surface area contributed by atoms with Gasteiger partial charge in [-0.3, -0.25) is 0 Å². The molecule has 0 heterocycles. The van der Waals surface area contributed by atoms with Crippen LogP contribution in [0.4, 0.5) is 0 Å². The maximum atomic E-state index is 8.64. The molecule has 0 aliphatic carbocycles. The smallest absolute Gasteiger partial charge is 0.0621 e. The molecule has 0 aromatic heterocycles. The topological polar surface area (TPSA) is 35.8 Å². The Morgan fingerprint density at radius 3 is 2.58 bits per heavy atom. The van der Waals surface area contributed by atoms with E-state index in [4.69, 9.17) is 28.5 Å². The van der Waals surface area contributed by atoms with Gasteiger partial charge in [0.1, 0.15) is 0 Å². The van der Waals surface area contributed by atoms with Gasteiger partial charge in [-0.05, 0) is 36.5 Å². The minimum absolute atomic E-state index is 0.111. The molecule has 104 valence electrons. The lowest BCUT2D eigenvalue weighted by atomic mass is 9.87. The van der Waals surface area contributed by atoms with Gasteiger partial charge in [0.2, 0.25) is 0 Å². The molecule has 1 atom stereocenters. The quantitative estimate of drug-likeness (QED) is 0.804. The van der Waals surface area contributed by atoms with Gasteiger partial charge in [0.15, 0.2) is 0 Å². The van der Waals surface area contributed by atoms with Gasteiger partial charge in [-0.25, -0.2) is 0 Å². The lowest BCUT2D eigenvalue weighted by Crippen LogP contribution is -2.31. The van der Waals surface area contributed by atoms with Crippen molar-refractivity contribution < 1.29 is 0 Å². The first-order valence-electron chi connectivity index (χ1n) is 6.41. The summed E-state index contributed by atoms with van der Waals surface area (Å²) in [5, 5.41) is 13.3. The molecule has 1 N–H and O–H groups in total. The van der Waals surface area contributed by atoms with Crippen LogP contribution in [0.3, 0.4) is 0 Å². The van der Waals surface area contributed by atoms with Gasteiger partial charge in [-0.15, -0.1) is 0 Å². The van der Waals surface area contributed by atoms with Gasteiger partial charge < -0.3 is 5.32 Å². The summed E-state index contributed by atoms with van der Waals surface area (Å²) in [5.74, 6) is 0. The predicted molar refractivity (Wildman–Crippen MR) is 81.5 cm³/mol. The molecule has 0 bridgehead atoms. The van der Waals surface area contributed by atoms with E-state index < -0.39 is 0 Å². The number of hydrogen-bond acceptors (Lipinski definition) is 2. The first-order chi connectivity index (χ1) is 8.85. The molecule has 0 spiro atoms. The summed E-state index contributed by atoms with van der Waals surface area (Å²) in [5.41, 5.74) is 1.23. The van der Waals surface area contributed by atoms with Crippen molar-refractivity contribution in [3.8, 4) is 6.07 Å². The molecule has 2 nitrogen and oxygen atoms in total. The van der Waals surface area contributed by atoms with Crippen LogP contribution in [-0.2, 0) is 0 Å². The van der Waals surface area contributed by atoms with Gasteiger partial charge in [-0.2, -0.15) is 5.26 Å².